The molecular weight excluding hydrogens is 430 g/mol. The number of aromatic hydroxyl groups is 1. The molecule has 3 aromatic rings. The Balaban J connectivity index is 1.95. The average molecular weight is 458 g/mol. The summed E-state index contributed by atoms with van der Waals surface area (Å²) in [7, 11) is 1.48. The highest BCUT2D eigenvalue weighted by Crippen LogP contribution is 2.43. The molecule has 1 saturated heterocycles. The zero-order chi connectivity index (χ0) is 24.6. The van der Waals surface area contributed by atoms with E-state index in [9.17, 15) is 19.8 Å². The number of ether oxygens (including phenoxy) is 1. The minimum atomic E-state index is -0.879. The van der Waals surface area contributed by atoms with E-state index in [0.29, 0.717) is 28.5 Å². The Hall–Kier alpha value is -4.06. The average Bonchev–Trinajstić information content (AvgIpc) is 3.09. The number of hydrogen-bond acceptors (Lipinski definition) is 5. The van der Waals surface area contributed by atoms with Gasteiger partial charge in [-0.25, -0.2) is 0 Å². The first kappa shape index (κ1) is 23.1. The molecule has 6 heteroatoms. The number of aliphatic hydroxyl groups is 1. The van der Waals surface area contributed by atoms with E-state index < -0.39 is 17.7 Å². The molecule has 2 N–H and O–H groups in total. The van der Waals surface area contributed by atoms with Gasteiger partial charge in [-0.1, -0.05) is 49.7 Å². The number of aliphatic hydroxyl groups excluding tert-OH is 1. The fraction of sp³-hybridized carbons (Fsp3) is 0.214. The lowest BCUT2D eigenvalue weighted by Gasteiger charge is -2.26. The summed E-state index contributed by atoms with van der Waals surface area (Å²) in [6.07, 6.45) is 0. The Morgan fingerprint density at radius 1 is 0.971 bits per heavy atom. The molecule has 1 aliphatic rings. The summed E-state index contributed by atoms with van der Waals surface area (Å²) in [5, 5.41) is 21.2. The van der Waals surface area contributed by atoms with Crippen molar-refractivity contribution in [2.75, 3.05) is 12.0 Å². The predicted octanol–water partition coefficient (Wildman–Crippen LogP) is 5.46. The van der Waals surface area contributed by atoms with Crippen molar-refractivity contribution in [2.24, 2.45) is 0 Å². The first-order valence-electron chi connectivity index (χ1n) is 11.1. The third-order valence-electron chi connectivity index (χ3n) is 6.10. The first-order valence-corrected chi connectivity index (χ1v) is 11.1. The van der Waals surface area contributed by atoms with Gasteiger partial charge in [-0.15, -0.1) is 0 Å². The monoisotopic (exact) mass is 457 g/mol. The second kappa shape index (κ2) is 9.06. The van der Waals surface area contributed by atoms with Crippen molar-refractivity contribution in [3.63, 3.8) is 0 Å². The molecule has 0 radical (unpaired) electrons. The molecule has 3 aromatic carbocycles. The van der Waals surface area contributed by atoms with E-state index in [0.717, 1.165) is 11.1 Å². The number of aryl methyl sites for hydroxylation is 1. The van der Waals surface area contributed by atoms with Crippen LogP contribution in [-0.4, -0.2) is 29.0 Å². The molecule has 1 amide bonds. The molecule has 1 atom stereocenters. The van der Waals surface area contributed by atoms with Crippen molar-refractivity contribution < 1.29 is 24.5 Å². The maximum Gasteiger partial charge on any atom is 0.300 e. The molecule has 174 valence electrons. The summed E-state index contributed by atoms with van der Waals surface area (Å²) in [6, 6.07) is 18.1. The Morgan fingerprint density at radius 3 is 2.21 bits per heavy atom. The van der Waals surface area contributed by atoms with Crippen molar-refractivity contribution in [3.05, 3.63) is 94.6 Å². The summed E-state index contributed by atoms with van der Waals surface area (Å²) < 4.78 is 5.41. The fourth-order valence-electron chi connectivity index (χ4n) is 4.24. The number of nitrogens with zero attached hydrogens (tertiary/aromatic N) is 1. The number of ketones is 1. The normalized spacial score (nSPS) is 17.4. The Kier molecular flexibility index (Phi) is 6.16. The van der Waals surface area contributed by atoms with Crippen LogP contribution in [0.5, 0.6) is 11.5 Å². The lowest BCUT2D eigenvalue weighted by atomic mass is 9.94. The van der Waals surface area contributed by atoms with Crippen molar-refractivity contribution in [1.29, 1.82) is 0 Å². The van der Waals surface area contributed by atoms with Gasteiger partial charge in [-0.3, -0.25) is 14.5 Å². The summed E-state index contributed by atoms with van der Waals surface area (Å²) in [5.74, 6) is -1.07. The number of amides is 1. The van der Waals surface area contributed by atoms with E-state index >= 15 is 0 Å². The van der Waals surface area contributed by atoms with Gasteiger partial charge >= 0.3 is 0 Å². The molecule has 1 unspecified atom stereocenters. The van der Waals surface area contributed by atoms with Gasteiger partial charge in [-0.2, -0.15) is 0 Å². The number of benzene rings is 3. The maximum atomic E-state index is 13.3. The molecule has 6 nitrogen and oxygen atoms in total. The molecular formula is C28H27NO5. The standard InChI is InChI=1S/C28H27NO5/c1-16(2)18-6-10-20(11-7-18)29-25(19-8-12-21(30)13-9-19)24(27(32)28(29)33)26(31)22-15-17(3)5-14-23(22)34-4/h5-16,25,30-31H,1-4H3/b26-24+. The first-order chi connectivity index (χ1) is 16.2. The summed E-state index contributed by atoms with van der Waals surface area (Å²) in [5.41, 5.74) is 3.39. The quantitative estimate of drug-likeness (QED) is 0.302. The number of hydrogen-bond donors (Lipinski definition) is 2. The minimum Gasteiger partial charge on any atom is -0.508 e. The smallest absolute Gasteiger partial charge is 0.300 e. The van der Waals surface area contributed by atoms with Crippen LogP contribution in [0.2, 0.25) is 0 Å². The van der Waals surface area contributed by atoms with Gasteiger partial charge in [0.25, 0.3) is 11.7 Å². The Labute approximate surface area is 198 Å². The molecule has 0 saturated carbocycles. The molecule has 34 heavy (non-hydrogen) atoms. The summed E-state index contributed by atoms with van der Waals surface area (Å²) in [4.78, 5) is 28.0. The number of phenols is 1. The van der Waals surface area contributed by atoms with E-state index in [1.165, 1.54) is 24.1 Å². The number of rotatable bonds is 5. The second-order valence-electron chi connectivity index (χ2n) is 8.71. The zero-order valence-electron chi connectivity index (χ0n) is 19.6. The number of carbonyl (C=O) groups excluding carboxylic acids is 2. The van der Waals surface area contributed by atoms with Gasteiger partial charge in [0.05, 0.1) is 24.3 Å². The van der Waals surface area contributed by atoms with Crippen LogP contribution in [0.4, 0.5) is 5.69 Å². The van der Waals surface area contributed by atoms with Crippen molar-refractivity contribution >= 4 is 23.1 Å². The molecule has 1 fully saturated rings. The number of methoxy groups -OCH3 is 1. The zero-order valence-corrected chi connectivity index (χ0v) is 19.6. The largest absolute Gasteiger partial charge is 0.508 e. The molecule has 1 aliphatic heterocycles. The molecule has 0 aromatic heterocycles. The topological polar surface area (TPSA) is 87.1 Å². The molecule has 1 heterocycles. The SMILES string of the molecule is COc1ccc(C)cc1/C(O)=C1\C(=O)C(=O)N(c2ccc(C(C)C)cc2)C1c1ccc(O)cc1. The van der Waals surface area contributed by atoms with E-state index in [1.807, 2.05) is 25.1 Å². The van der Waals surface area contributed by atoms with Crippen LogP contribution in [0, 0.1) is 6.92 Å². The number of phenolic OH excluding ortho intramolecular Hbond substituents is 1. The van der Waals surface area contributed by atoms with Gasteiger partial charge in [0, 0.05) is 5.69 Å². The van der Waals surface area contributed by atoms with Gasteiger partial charge in [0.2, 0.25) is 0 Å². The van der Waals surface area contributed by atoms with Gasteiger partial charge in [-0.05, 0) is 60.4 Å². The molecule has 4 rings (SSSR count). The predicted molar refractivity (Wildman–Crippen MR) is 131 cm³/mol. The molecule has 0 aliphatic carbocycles. The van der Waals surface area contributed by atoms with E-state index in [1.54, 1.807) is 36.4 Å². The number of Topliss-reactive ketones (excluding diaryl/α,β-unsaturated/α-hetero) is 1. The highest BCUT2D eigenvalue weighted by Gasteiger charge is 2.47. The van der Waals surface area contributed by atoms with Crippen LogP contribution in [0.1, 0.15) is 48.1 Å². The van der Waals surface area contributed by atoms with Gasteiger partial charge < -0.3 is 14.9 Å². The third-order valence-corrected chi connectivity index (χ3v) is 6.10. The maximum absolute atomic E-state index is 13.3. The van der Waals surface area contributed by atoms with Crippen LogP contribution < -0.4 is 9.64 Å². The van der Waals surface area contributed by atoms with E-state index in [2.05, 4.69) is 13.8 Å². The minimum absolute atomic E-state index is 0.0347. The Bertz CT molecular complexity index is 1270. The molecule has 0 spiro atoms. The second-order valence-corrected chi connectivity index (χ2v) is 8.71. The lowest BCUT2D eigenvalue weighted by Crippen LogP contribution is -2.29. The number of carbonyl (C=O) groups is 2. The molecule has 0 bridgehead atoms. The van der Waals surface area contributed by atoms with Gasteiger partial charge in [0.15, 0.2) is 0 Å². The van der Waals surface area contributed by atoms with Crippen molar-refractivity contribution in [2.45, 2.75) is 32.7 Å². The van der Waals surface area contributed by atoms with Crippen LogP contribution >= 0.6 is 0 Å². The highest BCUT2D eigenvalue weighted by atomic mass is 16.5. The van der Waals surface area contributed by atoms with Crippen molar-refractivity contribution in [1.82, 2.24) is 0 Å². The fourth-order valence-corrected chi connectivity index (χ4v) is 4.24. The lowest BCUT2D eigenvalue weighted by molar-refractivity contribution is -0.132. The third kappa shape index (κ3) is 4.03. The highest BCUT2D eigenvalue weighted by molar-refractivity contribution is 6.51. The van der Waals surface area contributed by atoms with Crippen LogP contribution in [0.3, 0.4) is 0 Å². The van der Waals surface area contributed by atoms with Crippen molar-refractivity contribution in [3.8, 4) is 11.5 Å². The Morgan fingerprint density at radius 2 is 1.62 bits per heavy atom. The van der Waals surface area contributed by atoms with Crippen LogP contribution in [-0.2, 0) is 9.59 Å². The number of anilines is 1. The van der Waals surface area contributed by atoms with E-state index in [-0.39, 0.29) is 17.1 Å². The summed E-state index contributed by atoms with van der Waals surface area (Å²) in [6.45, 7) is 6.02. The van der Waals surface area contributed by atoms with Crippen LogP contribution in [0.15, 0.2) is 72.3 Å². The summed E-state index contributed by atoms with van der Waals surface area (Å²) >= 11 is 0. The van der Waals surface area contributed by atoms with Crippen LogP contribution in [0.25, 0.3) is 5.76 Å². The van der Waals surface area contributed by atoms with E-state index in [4.69, 9.17) is 4.74 Å². The van der Waals surface area contributed by atoms with Gasteiger partial charge in [0.1, 0.15) is 17.3 Å².